The normalized spacial score (nSPS) is 18.7. The Morgan fingerprint density at radius 3 is 2.72 bits per heavy atom. The number of carbonyl (C=O) groups is 1. The van der Waals surface area contributed by atoms with Crippen LogP contribution in [-0.2, 0) is 4.74 Å². The fourth-order valence-corrected chi connectivity index (χ4v) is 2.19. The maximum absolute atomic E-state index is 12.1. The van der Waals surface area contributed by atoms with Crippen LogP contribution in [0.25, 0.3) is 0 Å². The summed E-state index contributed by atoms with van der Waals surface area (Å²) >= 11 is 0. The number of nitrogens with zero attached hydrogens (tertiary/aromatic N) is 1. The molecule has 0 aliphatic carbocycles. The molecule has 2 N–H and O–H groups in total. The van der Waals surface area contributed by atoms with Gasteiger partial charge in [-0.2, -0.15) is 0 Å². The highest BCUT2D eigenvalue weighted by Gasteiger charge is 2.33. The highest BCUT2D eigenvalue weighted by Crippen LogP contribution is 2.36. The number of para-hydroxylation sites is 1. The van der Waals surface area contributed by atoms with Gasteiger partial charge in [-0.1, -0.05) is 18.2 Å². The summed E-state index contributed by atoms with van der Waals surface area (Å²) in [4.78, 5) is 13.8. The molecule has 1 atom stereocenters. The molecule has 18 heavy (non-hydrogen) atoms. The minimum absolute atomic E-state index is 0.203. The molecule has 0 saturated carbocycles. The van der Waals surface area contributed by atoms with Gasteiger partial charge < -0.3 is 10.5 Å². The first kappa shape index (κ1) is 12.9. The molecule has 0 bridgehead atoms. The molecule has 0 radical (unpaired) electrons. The van der Waals surface area contributed by atoms with Crippen molar-refractivity contribution >= 4 is 11.8 Å². The zero-order chi connectivity index (χ0) is 13.3. The molecule has 1 aliphatic heterocycles. The lowest BCUT2D eigenvalue weighted by atomic mass is 10.0. The first-order valence-electron chi connectivity index (χ1n) is 6.22. The average molecular weight is 248 g/mol. The van der Waals surface area contributed by atoms with Crippen LogP contribution in [0.1, 0.15) is 32.3 Å². The van der Waals surface area contributed by atoms with E-state index in [1.807, 2.05) is 45.0 Å². The van der Waals surface area contributed by atoms with E-state index in [1.165, 1.54) is 0 Å². The monoisotopic (exact) mass is 248 g/mol. The minimum atomic E-state index is -0.479. The van der Waals surface area contributed by atoms with Crippen molar-refractivity contribution in [3.05, 3.63) is 29.8 Å². The summed E-state index contributed by atoms with van der Waals surface area (Å²) in [7, 11) is 0. The number of hydrogen-bond donors (Lipinski definition) is 1. The van der Waals surface area contributed by atoms with Gasteiger partial charge in [0.05, 0.1) is 5.69 Å². The molecule has 0 unspecified atom stereocenters. The van der Waals surface area contributed by atoms with Crippen LogP contribution in [0.5, 0.6) is 0 Å². The van der Waals surface area contributed by atoms with Gasteiger partial charge in [-0.3, -0.25) is 4.90 Å². The summed E-state index contributed by atoms with van der Waals surface area (Å²) < 4.78 is 5.42. The van der Waals surface area contributed by atoms with Crippen LogP contribution in [0.15, 0.2) is 24.3 Å². The summed E-state index contributed by atoms with van der Waals surface area (Å²) in [5.74, 6) is 0.203. The van der Waals surface area contributed by atoms with Crippen molar-refractivity contribution in [2.75, 3.05) is 18.0 Å². The number of amides is 1. The number of benzene rings is 1. The molecule has 0 aromatic heterocycles. The molecule has 1 heterocycles. The van der Waals surface area contributed by atoms with Crippen molar-refractivity contribution in [1.82, 2.24) is 0 Å². The van der Waals surface area contributed by atoms with E-state index in [-0.39, 0.29) is 12.0 Å². The Kier molecular flexibility index (Phi) is 3.30. The van der Waals surface area contributed by atoms with E-state index in [9.17, 15) is 4.79 Å². The number of anilines is 1. The molecular weight excluding hydrogens is 228 g/mol. The number of carbonyl (C=O) groups excluding carboxylic acids is 1. The van der Waals surface area contributed by atoms with E-state index in [0.29, 0.717) is 13.1 Å². The Bertz CT molecular complexity index is 451. The van der Waals surface area contributed by atoms with Gasteiger partial charge in [0.15, 0.2) is 0 Å². The van der Waals surface area contributed by atoms with Gasteiger partial charge in [-0.05, 0) is 32.4 Å². The second kappa shape index (κ2) is 4.61. The van der Waals surface area contributed by atoms with E-state index in [2.05, 4.69) is 0 Å². The van der Waals surface area contributed by atoms with Crippen molar-refractivity contribution < 1.29 is 9.53 Å². The van der Waals surface area contributed by atoms with Crippen LogP contribution < -0.4 is 10.6 Å². The lowest BCUT2D eigenvalue weighted by Crippen LogP contribution is -2.36. The van der Waals surface area contributed by atoms with Crippen molar-refractivity contribution in [3.63, 3.8) is 0 Å². The largest absolute Gasteiger partial charge is 0.443 e. The van der Waals surface area contributed by atoms with E-state index in [4.69, 9.17) is 10.5 Å². The summed E-state index contributed by atoms with van der Waals surface area (Å²) in [5.41, 5.74) is 7.33. The topological polar surface area (TPSA) is 55.6 Å². The third-order valence-electron chi connectivity index (χ3n) is 2.97. The number of nitrogens with two attached hydrogens (primary N) is 1. The fourth-order valence-electron chi connectivity index (χ4n) is 2.19. The predicted molar refractivity (Wildman–Crippen MR) is 71.8 cm³/mol. The summed E-state index contributed by atoms with van der Waals surface area (Å²) in [6.07, 6.45) is -0.300. The highest BCUT2D eigenvalue weighted by atomic mass is 16.6. The quantitative estimate of drug-likeness (QED) is 0.830. The maximum Gasteiger partial charge on any atom is 0.414 e. The Balaban J connectivity index is 2.24. The lowest BCUT2D eigenvalue weighted by Gasteiger charge is -2.25. The zero-order valence-electron chi connectivity index (χ0n) is 11.1. The van der Waals surface area contributed by atoms with Gasteiger partial charge in [0, 0.05) is 19.0 Å². The Hall–Kier alpha value is -1.55. The Morgan fingerprint density at radius 1 is 1.44 bits per heavy atom. The van der Waals surface area contributed by atoms with Crippen molar-refractivity contribution in [3.8, 4) is 0 Å². The van der Waals surface area contributed by atoms with Crippen LogP contribution >= 0.6 is 0 Å². The summed E-state index contributed by atoms with van der Waals surface area (Å²) in [6, 6.07) is 7.86. The number of hydrogen-bond acceptors (Lipinski definition) is 3. The summed E-state index contributed by atoms with van der Waals surface area (Å²) in [5, 5.41) is 0. The maximum atomic E-state index is 12.1. The minimum Gasteiger partial charge on any atom is -0.443 e. The fraction of sp³-hybridized carbons (Fsp3) is 0.500. The van der Waals surface area contributed by atoms with Crippen LogP contribution in [0.3, 0.4) is 0 Å². The van der Waals surface area contributed by atoms with Gasteiger partial charge in [0.1, 0.15) is 5.60 Å². The lowest BCUT2D eigenvalue weighted by molar-refractivity contribution is 0.0582. The molecule has 0 fully saturated rings. The molecular formula is C14H20N2O2. The smallest absolute Gasteiger partial charge is 0.414 e. The Morgan fingerprint density at radius 2 is 2.11 bits per heavy atom. The van der Waals surface area contributed by atoms with Gasteiger partial charge in [0.25, 0.3) is 0 Å². The molecule has 98 valence electrons. The Labute approximate surface area is 108 Å². The van der Waals surface area contributed by atoms with Gasteiger partial charge in [-0.15, -0.1) is 0 Å². The predicted octanol–water partition coefficient (Wildman–Crippen LogP) is 2.48. The van der Waals surface area contributed by atoms with Crippen molar-refractivity contribution in [2.45, 2.75) is 32.3 Å². The zero-order valence-corrected chi connectivity index (χ0v) is 11.1. The van der Waals surface area contributed by atoms with Crippen molar-refractivity contribution in [2.24, 2.45) is 5.73 Å². The summed E-state index contributed by atoms with van der Waals surface area (Å²) in [6.45, 7) is 6.74. The van der Waals surface area contributed by atoms with Crippen molar-refractivity contribution in [1.29, 1.82) is 0 Å². The molecule has 1 aromatic rings. The average Bonchev–Trinajstić information content (AvgIpc) is 2.65. The SMILES string of the molecule is CC(C)(C)OC(=O)N1C[C@H](CN)c2ccccc21. The first-order valence-corrected chi connectivity index (χ1v) is 6.22. The van der Waals surface area contributed by atoms with E-state index in [0.717, 1.165) is 11.3 Å². The number of fused-ring (bicyclic) bond motifs is 1. The van der Waals surface area contributed by atoms with Crippen LogP contribution in [0.4, 0.5) is 10.5 Å². The van der Waals surface area contributed by atoms with E-state index >= 15 is 0 Å². The number of rotatable bonds is 1. The molecule has 1 aromatic carbocycles. The van der Waals surface area contributed by atoms with Crippen LogP contribution in [0.2, 0.25) is 0 Å². The molecule has 1 aliphatic rings. The molecule has 4 heteroatoms. The van der Waals surface area contributed by atoms with Gasteiger partial charge in [0.2, 0.25) is 0 Å². The molecule has 1 amide bonds. The first-order chi connectivity index (χ1) is 8.42. The molecule has 4 nitrogen and oxygen atoms in total. The molecule has 0 saturated heterocycles. The van der Waals surface area contributed by atoms with Crippen LogP contribution in [0, 0.1) is 0 Å². The van der Waals surface area contributed by atoms with E-state index < -0.39 is 5.60 Å². The third-order valence-corrected chi connectivity index (χ3v) is 2.97. The molecule has 2 rings (SSSR count). The standard InChI is InChI=1S/C14H20N2O2/c1-14(2,3)18-13(17)16-9-10(8-15)11-6-4-5-7-12(11)16/h4-7,10H,8-9,15H2,1-3H3/t10-/m0/s1. The number of ether oxygens (including phenoxy) is 1. The molecule has 0 spiro atoms. The van der Waals surface area contributed by atoms with Crippen LogP contribution in [-0.4, -0.2) is 24.8 Å². The van der Waals surface area contributed by atoms with Gasteiger partial charge >= 0.3 is 6.09 Å². The second-order valence-electron chi connectivity index (χ2n) is 5.58. The van der Waals surface area contributed by atoms with E-state index in [1.54, 1.807) is 4.90 Å². The van der Waals surface area contributed by atoms with Gasteiger partial charge in [-0.25, -0.2) is 4.79 Å². The third kappa shape index (κ3) is 2.48. The second-order valence-corrected chi connectivity index (χ2v) is 5.58. The highest BCUT2D eigenvalue weighted by molar-refractivity contribution is 5.91.